The van der Waals surface area contributed by atoms with Crippen molar-refractivity contribution in [2.24, 2.45) is 0 Å². The van der Waals surface area contributed by atoms with Crippen LogP contribution in [0.3, 0.4) is 0 Å². The van der Waals surface area contributed by atoms with Crippen LogP contribution in [0.5, 0.6) is 0 Å². The Morgan fingerprint density at radius 1 is 1.46 bits per heavy atom. The van der Waals surface area contributed by atoms with Gasteiger partial charge in [-0.05, 0) is 25.8 Å². The summed E-state index contributed by atoms with van der Waals surface area (Å²) in [5.41, 5.74) is 2.46. The number of nitrogens with one attached hydrogen (secondary N) is 2. The van der Waals surface area contributed by atoms with Gasteiger partial charge in [0.1, 0.15) is 0 Å². The average molecular weight is 372 g/mol. The molecule has 1 fully saturated rings. The van der Waals surface area contributed by atoms with Crippen LogP contribution in [0.1, 0.15) is 29.3 Å². The molecule has 2 amide bonds. The third-order valence-electron chi connectivity index (χ3n) is 4.46. The molecule has 2 N–H and O–H groups in total. The average Bonchev–Trinajstić information content (AvgIpc) is 2.96. The molecule has 1 aromatic carbocycles. The van der Waals surface area contributed by atoms with Crippen molar-refractivity contribution in [3.63, 3.8) is 0 Å². The molecule has 0 saturated carbocycles. The molecule has 1 aliphatic rings. The highest BCUT2D eigenvalue weighted by Gasteiger charge is 2.25. The second kappa shape index (κ2) is 8.42. The molecule has 2 aromatic rings. The van der Waals surface area contributed by atoms with Crippen LogP contribution in [0.4, 0.5) is 5.13 Å². The Balaban J connectivity index is 1.56. The smallest absolute Gasteiger partial charge is 0.240 e. The summed E-state index contributed by atoms with van der Waals surface area (Å²) >= 11 is 1.49. The fourth-order valence-corrected chi connectivity index (χ4v) is 3.89. The van der Waals surface area contributed by atoms with Gasteiger partial charge in [-0.3, -0.25) is 14.5 Å². The molecule has 1 saturated heterocycles. The lowest BCUT2D eigenvalue weighted by atomic mass is 10.1. The van der Waals surface area contributed by atoms with E-state index in [4.69, 9.17) is 0 Å². The summed E-state index contributed by atoms with van der Waals surface area (Å²) in [6, 6.07) is 8.08. The van der Waals surface area contributed by atoms with Crippen LogP contribution in [-0.4, -0.2) is 47.4 Å². The molecular formula is C19H24N4O2S. The van der Waals surface area contributed by atoms with Crippen LogP contribution in [0.25, 0.3) is 0 Å². The fourth-order valence-electron chi connectivity index (χ4n) is 3.03. The number of carbonyl (C=O) groups is 2. The molecule has 0 spiro atoms. The van der Waals surface area contributed by atoms with Crippen molar-refractivity contribution >= 4 is 28.3 Å². The van der Waals surface area contributed by atoms with Gasteiger partial charge in [0, 0.05) is 30.6 Å². The summed E-state index contributed by atoms with van der Waals surface area (Å²) in [4.78, 5) is 31.5. The van der Waals surface area contributed by atoms with Crippen LogP contribution in [0, 0.1) is 6.92 Å². The maximum absolute atomic E-state index is 12.3. The van der Waals surface area contributed by atoms with Crippen molar-refractivity contribution in [1.82, 2.24) is 15.2 Å². The normalized spacial score (nSPS) is 18.2. The molecule has 7 heteroatoms. The molecule has 1 atom stereocenters. The van der Waals surface area contributed by atoms with Gasteiger partial charge in [0.15, 0.2) is 5.13 Å². The maximum Gasteiger partial charge on any atom is 0.240 e. The first-order valence-corrected chi connectivity index (χ1v) is 9.65. The van der Waals surface area contributed by atoms with Crippen molar-refractivity contribution in [1.29, 1.82) is 0 Å². The Hall–Kier alpha value is -2.25. The second-order valence-corrected chi connectivity index (χ2v) is 7.75. The van der Waals surface area contributed by atoms with Crippen molar-refractivity contribution < 1.29 is 9.59 Å². The highest BCUT2D eigenvalue weighted by molar-refractivity contribution is 7.15. The Labute approximate surface area is 157 Å². The SMILES string of the molecule is Cc1cccc(Cc2cnc(NC(=O)CN3CCCNC(=O)C3C)s2)c1. The van der Waals surface area contributed by atoms with Gasteiger partial charge in [-0.25, -0.2) is 4.98 Å². The number of hydrogen-bond acceptors (Lipinski definition) is 5. The Kier molecular flexibility index (Phi) is 6.00. The minimum absolute atomic E-state index is 0.0232. The lowest BCUT2D eigenvalue weighted by Gasteiger charge is -2.24. The highest BCUT2D eigenvalue weighted by atomic mass is 32.1. The van der Waals surface area contributed by atoms with Crippen molar-refractivity contribution in [2.45, 2.75) is 32.7 Å². The topological polar surface area (TPSA) is 74.3 Å². The standard InChI is InChI=1S/C19H24N4O2S/c1-13-5-3-6-15(9-13)10-16-11-21-19(26-16)22-17(24)12-23-8-4-7-20-18(25)14(23)2/h3,5-6,9,11,14H,4,7-8,10,12H2,1-2H3,(H,20,25)(H,21,22,24). The van der Waals surface area contributed by atoms with Gasteiger partial charge in [-0.2, -0.15) is 0 Å². The first-order valence-electron chi connectivity index (χ1n) is 8.83. The number of hydrogen-bond donors (Lipinski definition) is 2. The Morgan fingerprint density at radius 3 is 3.12 bits per heavy atom. The molecule has 26 heavy (non-hydrogen) atoms. The monoisotopic (exact) mass is 372 g/mol. The zero-order chi connectivity index (χ0) is 18.5. The fraction of sp³-hybridized carbons (Fsp3) is 0.421. The molecule has 0 radical (unpaired) electrons. The number of rotatable bonds is 5. The zero-order valence-electron chi connectivity index (χ0n) is 15.1. The van der Waals surface area contributed by atoms with Gasteiger partial charge in [0.2, 0.25) is 11.8 Å². The van der Waals surface area contributed by atoms with Gasteiger partial charge in [0.05, 0.1) is 12.6 Å². The minimum atomic E-state index is -0.295. The van der Waals surface area contributed by atoms with Gasteiger partial charge in [0.25, 0.3) is 0 Å². The molecular weight excluding hydrogens is 348 g/mol. The van der Waals surface area contributed by atoms with E-state index in [9.17, 15) is 9.59 Å². The zero-order valence-corrected chi connectivity index (χ0v) is 15.9. The quantitative estimate of drug-likeness (QED) is 0.844. The second-order valence-electron chi connectivity index (χ2n) is 6.64. The molecule has 0 bridgehead atoms. The number of carbonyl (C=O) groups excluding carboxylic acids is 2. The molecule has 0 aliphatic carbocycles. The predicted octanol–water partition coefficient (Wildman–Crippen LogP) is 2.19. The van der Waals surface area contributed by atoms with Crippen LogP contribution >= 0.6 is 11.3 Å². The summed E-state index contributed by atoms with van der Waals surface area (Å²) < 4.78 is 0. The van der Waals surface area contributed by atoms with Gasteiger partial charge in [-0.1, -0.05) is 29.8 Å². The van der Waals surface area contributed by atoms with E-state index in [0.717, 1.165) is 24.3 Å². The molecule has 6 nitrogen and oxygen atoms in total. The van der Waals surface area contributed by atoms with Crippen molar-refractivity contribution in [3.8, 4) is 0 Å². The summed E-state index contributed by atoms with van der Waals surface area (Å²) in [7, 11) is 0. The van der Waals surface area contributed by atoms with E-state index in [1.54, 1.807) is 0 Å². The third kappa shape index (κ3) is 4.89. The molecule has 3 rings (SSSR count). The van der Waals surface area contributed by atoms with E-state index in [0.29, 0.717) is 11.7 Å². The van der Waals surface area contributed by atoms with Crippen LogP contribution in [0.2, 0.25) is 0 Å². The number of nitrogens with zero attached hydrogens (tertiary/aromatic N) is 2. The summed E-state index contributed by atoms with van der Waals surface area (Å²) in [6.07, 6.45) is 3.46. The highest BCUT2D eigenvalue weighted by Crippen LogP contribution is 2.21. The number of aromatic nitrogens is 1. The van der Waals surface area contributed by atoms with Gasteiger partial charge >= 0.3 is 0 Å². The van der Waals surface area contributed by atoms with Crippen molar-refractivity contribution in [2.75, 3.05) is 25.0 Å². The molecule has 1 unspecified atom stereocenters. The first kappa shape index (κ1) is 18.5. The summed E-state index contributed by atoms with van der Waals surface area (Å²) in [6.45, 7) is 5.49. The third-order valence-corrected chi connectivity index (χ3v) is 5.37. The van der Waals surface area contributed by atoms with Crippen LogP contribution < -0.4 is 10.6 Å². The summed E-state index contributed by atoms with van der Waals surface area (Å²) in [5, 5.41) is 6.31. The van der Waals surface area contributed by atoms with Crippen LogP contribution in [0.15, 0.2) is 30.5 Å². The predicted molar refractivity (Wildman–Crippen MR) is 103 cm³/mol. The van der Waals surface area contributed by atoms with Gasteiger partial charge in [-0.15, -0.1) is 11.3 Å². The van der Waals surface area contributed by atoms with Crippen molar-refractivity contribution in [3.05, 3.63) is 46.5 Å². The lowest BCUT2D eigenvalue weighted by Crippen LogP contribution is -2.45. The van der Waals surface area contributed by atoms with E-state index in [1.807, 2.05) is 24.1 Å². The maximum atomic E-state index is 12.3. The van der Waals surface area contributed by atoms with E-state index in [-0.39, 0.29) is 24.4 Å². The van der Waals surface area contributed by atoms with Crippen LogP contribution in [-0.2, 0) is 16.0 Å². The lowest BCUT2D eigenvalue weighted by molar-refractivity contribution is -0.126. The van der Waals surface area contributed by atoms with E-state index in [1.165, 1.54) is 22.5 Å². The summed E-state index contributed by atoms with van der Waals surface area (Å²) in [5.74, 6) is -0.159. The largest absolute Gasteiger partial charge is 0.355 e. The van der Waals surface area contributed by atoms with Gasteiger partial charge < -0.3 is 10.6 Å². The number of aryl methyl sites for hydroxylation is 1. The molecule has 2 heterocycles. The number of benzene rings is 1. The number of amides is 2. The van der Waals surface area contributed by atoms with E-state index in [2.05, 4.69) is 40.7 Å². The number of anilines is 1. The van der Waals surface area contributed by atoms with E-state index >= 15 is 0 Å². The Morgan fingerprint density at radius 2 is 2.31 bits per heavy atom. The molecule has 138 valence electrons. The molecule has 1 aliphatic heterocycles. The number of thiazole rings is 1. The minimum Gasteiger partial charge on any atom is -0.355 e. The van der Waals surface area contributed by atoms with E-state index < -0.39 is 0 Å². The molecule has 1 aromatic heterocycles. The Bertz CT molecular complexity index is 789. The first-order chi connectivity index (χ1) is 12.5.